The van der Waals surface area contributed by atoms with E-state index in [-0.39, 0.29) is 12.2 Å². The van der Waals surface area contributed by atoms with Crippen LogP contribution in [0.2, 0.25) is 0 Å². The van der Waals surface area contributed by atoms with E-state index in [1.165, 1.54) is 23.9 Å². The molecule has 0 heterocycles. The highest BCUT2D eigenvalue weighted by molar-refractivity contribution is 7.98. The van der Waals surface area contributed by atoms with Crippen molar-refractivity contribution in [2.45, 2.75) is 51.3 Å². The molecule has 0 saturated carbocycles. The summed E-state index contributed by atoms with van der Waals surface area (Å²) in [5.74, 6) is 4.87. The highest BCUT2D eigenvalue weighted by Gasteiger charge is 2.28. The van der Waals surface area contributed by atoms with Gasteiger partial charge in [0.25, 0.3) is 5.91 Å². The topological polar surface area (TPSA) is 143 Å². The molecule has 0 bridgehead atoms. The number of carbonyl (C=O) groups excluding carboxylic acids is 3. The van der Waals surface area contributed by atoms with Crippen LogP contribution >= 0.6 is 11.8 Å². The number of nitrogens with two attached hydrogens (primary N) is 1. The van der Waals surface area contributed by atoms with E-state index in [0.29, 0.717) is 12.2 Å². The summed E-state index contributed by atoms with van der Waals surface area (Å²) in [4.78, 5) is 37.0. The molecule has 0 unspecified atom stereocenters. The summed E-state index contributed by atoms with van der Waals surface area (Å²) in [6.07, 6.45) is 1.70. The SMILES string of the molecule is CSCC[C@H](NC(=O)OC(C)(C)C)C(=O)N[C@H](Cc1ccc(O)cc1)C(=O)NN. The van der Waals surface area contributed by atoms with Crippen LogP contribution in [-0.2, 0) is 20.7 Å². The Balaban J connectivity index is 2.88. The number of benzene rings is 1. The van der Waals surface area contributed by atoms with Crippen LogP contribution in [0.4, 0.5) is 4.79 Å². The lowest BCUT2D eigenvalue weighted by molar-refractivity contribution is -0.130. The van der Waals surface area contributed by atoms with E-state index in [1.54, 1.807) is 32.9 Å². The molecule has 0 saturated heterocycles. The molecule has 3 amide bonds. The number of carbonyl (C=O) groups is 3. The first-order chi connectivity index (χ1) is 13.6. The molecule has 29 heavy (non-hydrogen) atoms. The Kier molecular flexibility index (Phi) is 9.76. The molecule has 9 nitrogen and oxygen atoms in total. The summed E-state index contributed by atoms with van der Waals surface area (Å²) >= 11 is 1.53. The van der Waals surface area contributed by atoms with E-state index in [2.05, 4.69) is 10.6 Å². The number of amides is 3. The Morgan fingerprint density at radius 2 is 1.72 bits per heavy atom. The minimum atomic E-state index is -0.950. The lowest BCUT2D eigenvalue weighted by Crippen LogP contribution is -2.55. The predicted octanol–water partition coefficient (Wildman–Crippen LogP) is 1.06. The van der Waals surface area contributed by atoms with Crippen molar-refractivity contribution < 1.29 is 24.2 Å². The molecular formula is C19H30N4O5S. The van der Waals surface area contributed by atoms with Crippen LogP contribution in [0.5, 0.6) is 5.75 Å². The molecule has 0 fully saturated rings. The number of nitrogens with one attached hydrogen (secondary N) is 3. The zero-order chi connectivity index (χ0) is 22.0. The number of alkyl carbamates (subject to hydrolysis) is 1. The fraction of sp³-hybridized carbons (Fsp3) is 0.526. The minimum absolute atomic E-state index is 0.0938. The number of aromatic hydroxyl groups is 1. The van der Waals surface area contributed by atoms with Gasteiger partial charge in [0.2, 0.25) is 5.91 Å². The summed E-state index contributed by atoms with van der Waals surface area (Å²) in [6, 6.07) is 4.43. The second-order valence-corrected chi connectivity index (χ2v) is 8.41. The van der Waals surface area contributed by atoms with Gasteiger partial charge in [-0.3, -0.25) is 15.0 Å². The number of thioether (sulfide) groups is 1. The number of hydrogen-bond donors (Lipinski definition) is 5. The van der Waals surface area contributed by atoms with Gasteiger partial charge in [0.05, 0.1) is 0 Å². The van der Waals surface area contributed by atoms with Crippen molar-refractivity contribution >= 4 is 29.7 Å². The largest absolute Gasteiger partial charge is 0.508 e. The minimum Gasteiger partial charge on any atom is -0.508 e. The monoisotopic (exact) mass is 426 g/mol. The van der Waals surface area contributed by atoms with Crippen LogP contribution < -0.4 is 21.9 Å². The van der Waals surface area contributed by atoms with Gasteiger partial charge in [-0.25, -0.2) is 10.6 Å². The molecule has 0 radical (unpaired) electrons. The van der Waals surface area contributed by atoms with Gasteiger partial charge in [-0.15, -0.1) is 0 Å². The molecule has 0 aliphatic heterocycles. The normalized spacial score (nSPS) is 13.1. The van der Waals surface area contributed by atoms with E-state index < -0.39 is 35.6 Å². The fourth-order valence-corrected chi connectivity index (χ4v) is 2.88. The molecule has 162 valence electrons. The van der Waals surface area contributed by atoms with Crippen molar-refractivity contribution in [1.82, 2.24) is 16.1 Å². The number of hydrazine groups is 1. The average molecular weight is 427 g/mol. The number of phenolic OH excluding ortho intramolecular Hbond substituents is 1. The molecule has 0 aliphatic rings. The molecule has 1 aromatic rings. The van der Waals surface area contributed by atoms with Crippen molar-refractivity contribution in [3.05, 3.63) is 29.8 Å². The van der Waals surface area contributed by atoms with E-state index >= 15 is 0 Å². The Labute approximate surface area is 175 Å². The van der Waals surface area contributed by atoms with Crippen molar-refractivity contribution in [3.8, 4) is 5.75 Å². The van der Waals surface area contributed by atoms with Crippen LogP contribution in [0, 0.1) is 0 Å². The molecule has 0 aromatic heterocycles. The van der Waals surface area contributed by atoms with Gasteiger partial charge < -0.3 is 20.5 Å². The van der Waals surface area contributed by atoms with Crippen molar-refractivity contribution in [2.24, 2.45) is 5.84 Å². The van der Waals surface area contributed by atoms with E-state index in [4.69, 9.17) is 10.6 Å². The predicted molar refractivity (Wildman–Crippen MR) is 112 cm³/mol. The Hall–Kier alpha value is -2.46. The zero-order valence-electron chi connectivity index (χ0n) is 17.2. The van der Waals surface area contributed by atoms with Gasteiger partial charge in [-0.2, -0.15) is 11.8 Å². The van der Waals surface area contributed by atoms with Crippen molar-refractivity contribution in [2.75, 3.05) is 12.0 Å². The molecule has 1 aromatic carbocycles. The van der Waals surface area contributed by atoms with Crippen molar-refractivity contribution in [3.63, 3.8) is 0 Å². The quantitative estimate of drug-likeness (QED) is 0.226. The third-order valence-corrected chi connectivity index (χ3v) is 4.41. The summed E-state index contributed by atoms with van der Waals surface area (Å²) in [5, 5.41) is 14.6. The van der Waals surface area contributed by atoms with Gasteiger partial charge in [-0.1, -0.05) is 12.1 Å². The number of hydrogen-bond acceptors (Lipinski definition) is 7. The molecule has 6 N–H and O–H groups in total. The first kappa shape index (κ1) is 24.6. The van der Waals surface area contributed by atoms with Crippen LogP contribution in [0.25, 0.3) is 0 Å². The van der Waals surface area contributed by atoms with E-state index in [1.807, 2.05) is 11.7 Å². The van der Waals surface area contributed by atoms with Gasteiger partial charge >= 0.3 is 6.09 Å². The standard InChI is InChI=1S/C19H30N4O5S/c1-19(2,3)28-18(27)22-14(9-10-29-4)16(25)21-15(17(26)23-20)11-12-5-7-13(24)8-6-12/h5-8,14-15,24H,9-11,20H2,1-4H3,(H,21,25)(H,22,27)(H,23,26)/t14-,15+/m0/s1. The number of rotatable bonds is 9. The van der Waals surface area contributed by atoms with Crippen LogP contribution in [0.15, 0.2) is 24.3 Å². The van der Waals surface area contributed by atoms with E-state index in [0.717, 1.165) is 5.56 Å². The Morgan fingerprint density at radius 3 is 2.24 bits per heavy atom. The van der Waals surface area contributed by atoms with Crippen molar-refractivity contribution in [1.29, 1.82) is 0 Å². The molecule has 1 rings (SSSR count). The third kappa shape index (κ3) is 9.53. The Morgan fingerprint density at radius 1 is 1.10 bits per heavy atom. The average Bonchev–Trinajstić information content (AvgIpc) is 2.64. The number of ether oxygens (including phenoxy) is 1. The summed E-state index contributed by atoms with van der Waals surface area (Å²) in [5.41, 5.74) is 2.05. The zero-order valence-corrected chi connectivity index (χ0v) is 18.0. The maximum Gasteiger partial charge on any atom is 0.408 e. The lowest BCUT2D eigenvalue weighted by Gasteiger charge is -2.25. The third-order valence-electron chi connectivity index (χ3n) is 3.77. The van der Waals surface area contributed by atoms with Crippen LogP contribution in [-0.4, -0.2) is 52.7 Å². The highest BCUT2D eigenvalue weighted by Crippen LogP contribution is 2.12. The maximum atomic E-state index is 12.8. The van der Waals surface area contributed by atoms with E-state index in [9.17, 15) is 19.5 Å². The van der Waals surface area contributed by atoms with Crippen LogP contribution in [0.1, 0.15) is 32.8 Å². The van der Waals surface area contributed by atoms with Gasteiger partial charge in [-0.05, 0) is 56.9 Å². The first-order valence-corrected chi connectivity index (χ1v) is 10.5. The van der Waals surface area contributed by atoms with Crippen LogP contribution in [0.3, 0.4) is 0 Å². The Bertz CT molecular complexity index is 691. The van der Waals surface area contributed by atoms with Gasteiger partial charge in [0.15, 0.2) is 0 Å². The maximum absolute atomic E-state index is 12.8. The molecule has 0 aliphatic carbocycles. The fourth-order valence-electron chi connectivity index (χ4n) is 2.40. The summed E-state index contributed by atoms with van der Waals surface area (Å²) in [6.45, 7) is 5.18. The molecule has 2 atom stereocenters. The second kappa shape index (κ2) is 11.5. The summed E-state index contributed by atoms with van der Waals surface area (Å²) in [7, 11) is 0. The molecule has 0 spiro atoms. The molecular weight excluding hydrogens is 396 g/mol. The second-order valence-electron chi connectivity index (χ2n) is 7.42. The smallest absolute Gasteiger partial charge is 0.408 e. The highest BCUT2D eigenvalue weighted by atomic mass is 32.2. The summed E-state index contributed by atoms with van der Waals surface area (Å²) < 4.78 is 5.22. The first-order valence-electron chi connectivity index (χ1n) is 9.13. The van der Waals surface area contributed by atoms with Gasteiger partial charge in [0, 0.05) is 6.42 Å². The number of phenols is 1. The lowest BCUT2D eigenvalue weighted by atomic mass is 10.0. The van der Waals surface area contributed by atoms with Gasteiger partial charge in [0.1, 0.15) is 23.4 Å². The molecule has 10 heteroatoms.